The topological polar surface area (TPSA) is 58.2 Å². The Bertz CT molecular complexity index is 764. The van der Waals surface area contributed by atoms with E-state index in [1.54, 1.807) is 36.4 Å². The van der Waals surface area contributed by atoms with Crippen LogP contribution in [0.1, 0.15) is 17.3 Å². The minimum atomic E-state index is -0.247. The van der Waals surface area contributed by atoms with Crippen LogP contribution in [0.25, 0.3) is 0 Å². The van der Waals surface area contributed by atoms with Crippen molar-refractivity contribution in [1.29, 1.82) is 0 Å². The average Bonchev–Trinajstić information content (AvgIpc) is 2.48. The molecule has 0 radical (unpaired) electrons. The van der Waals surface area contributed by atoms with E-state index in [2.05, 4.69) is 10.6 Å². The molecule has 1 aliphatic rings. The Morgan fingerprint density at radius 3 is 2.86 bits per heavy atom. The fourth-order valence-electron chi connectivity index (χ4n) is 2.12. The van der Waals surface area contributed by atoms with Crippen molar-refractivity contribution in [2.75, 3.05) is 10.6 Å². The smallest absolute Gasteiger partial charge is 0.255 e. The Morgan fingerprint density at radius 1 is 1.27 bits per heavy atom. The van der Waals surface area contributed by atoms with Crippen molar-refractivity contribution in [3.05, 3.63) is 53.1 Å². The normalized spacial score (nSPS) is 16.6. The van der Waals surface area contributed by atoms with Crippen molar-refractivity contribution in [1.82, 2.24) is 0 Å². The van der Waals surface area contributed by atoms with E-state index in [9.17, 15) is 9.59 Å². The largest absolute Gasteiger partial charge is 0.324 e. The molecule has 4 nitrogen and oxygen atoms in total. The van der Waals surface area contributed by atoms with Gasteiger partial charge >= 0.3 is 0 Å². The first-order valence-corrected chi connectivity index (χ1v) is 7.97. The lowest BCUT2D eigenvalue weighted by molar-refractivity contribution is -0.115. The number of anilines is 2. The molecule has 2 N–H and O–H groups in total. The monoisotopic (exact) mass is 332 g/mol. The van der Waals surface area contributed by atoms with Gasteiger partial charge in [0.1, 0.15) is 0 Å². The van der Waals surface area contributed by atoms with Crippen LogP contribution in [0.3, 0.4) is 0 Å². The molecule has 1 heterocycles. The number of carbonyl (C=O) groups excluding carboxylic acids is 2. The van der Waals surface area contributed by atoms with Crippen LogP contribution < -0.4 is 10.6 Å². The van der Waals surface area contributed by atoms with Crippen LogP contribution in [-0.2, 0) is 4.79 Å². The maximum Gasteiger partial charge on any atom is 0.255 e. The second-order valence-corrected chi connectivity index (χ2v) is 6.74. The lowest BCUT2D eigenvalue weighted by atomic mass is 10.1. The lowest BCUT2D eigenvalue weighted by Gasteiger charge is -2.21. The van der Waals surface area contributed by atoms with Crippen LogP contribution in [0.15, 0.2) is 47.4 Å². The van der Waals surface area contributed by atoms with Gasteiger partial charge in [-0.15, -0.1) is 11.8 Å². The quantitative estimate of drug-likeness (QED) is 0.873. The number of benzene rings is 2. The summed E-state index contributed by atoms with van der Waals surface area (Å²) in [6, 6.07) is 12.2. The Kier molecular flexibility index (Phi) is 4.09. The summed E-state index contributed by atoms with van der Waals surface area (Å²) in [7, 11) is 0. The van der Waals surface area contributed by atoms with Crippen molar-refractivity contribution >= 4 is 46.6 Å². The minimum Gasteiger partial charge on any atom is -0.324 e. The molecule has 2 amide bonds. The maximum absolute atomic E-state index is 12.3. The van der Waals surface area contributed by atoms with Crippen LogP contribution in [0.5, 0.6) is 0 Å². The zero-order valence-corrected chi connectivity index (χ0v) is 13.3. The predicted octanol–water partition coefficient (Wildman–Crippen LogP) is 4.03. The summed E-state index contributed by atoms with van der Waals surface area (Å²) < 4.78 is 0. The first kappa shape index (κ1) is 14.9. The lowest BCUT2D eigenvalue weighted by Crippen LogP contribution is -2.26. The van der Waals surface area contributed by atoms with Crippen LogP contribution in [0.2, 0.25) is 5.02 Å². The molecule has 0 saturated carbocycles. The third-order valence-electron chi connectivity index (χ3n) is 3.26. The van der Waals surface area contributed by atoms with Gasteiger partial charge in [0.15, 0.2) is 0 Å². The number of fused-ring (bicyclic) bond motifs is 1. The second-order valence-electron chi connectivity index (χ2n) is 4.92. The van der Waals surface area contributed by atoms with Crippen molar-refractivity contribution in [3.63, 3.8) is 0 Å². The summed E-state index contributed by atoms with van der Waals surface area (Å²) in [4.78, 5) is 25.0. The van der Waals surface area contributed by atoms with Gasteiger partial charge in [-0.3, -0.25) is 9.59 Å². The van der Waals surface area contributed by atoms with Crippen molar-refractivity contribution in [3.8, 4) is 0 Å². The minimum absolute atomic E-state index is 0.0510. The molecule has 1 unspecified atom stereocenters. The molecule has 112 valence electrons. The Morgan fingerprint density at radius 2 is 2.09 bits per heavy atom. The first-order chi connectivity index (χ1) is 10.5. The molecule has 0 spiro atoms. The van der Waals surface area contributed by atoms with Crippen LogP contribution >= 0.6 is 23.4 Å². The van der Waals surface area contributed by atoms with Gasteiger partial charge < -0.3 is 10.6 Å². The highest BCUT2D eigenvalue weighted by molar-refractivity contribution is 8.00. The standard InChI is InChI=1S/C16H13ClN2O2S/c1-9-15(20)19-13-7-10(5-6-14(13)22-9)16(21)18-12-4-2-3-11(17)8-12/h2-9H,1H3,(H,18,21)(H,19,20). The Labute approximate surface area is 137 Å². The van der Waals surface area contributed by atoms with E-state index in [4.69, 9.17) is 11.6 Å². The van der Waals surface area contributed by atoms with Crippen LogP contribution in [0, 0.1) is 0 Å². The van der Waals surface area contributed by atoms with Gasteiger partial charge in [-0.1, -0.05) is 17.7 Å². The molecule has 0 fully saturated rings. The fourth-order valence-corrected chi connectivity index (χ4v) is 3.24. The number of hydrogen-bond acceptors (Lipinski definition) is 3. The molecule has 0 aromatic heterocycles. The molecule has 2 aromatic carbocycles. The van der Waals surface area contributed by atoms with Gasteiger partial charge in [0.05, 0.1) is 10.9 Å². The third-order valence-corrected chi connectivity index (χ3v) is 4.67. The van der Waals surface area contributed by atoms with Gasteiger partial charge in [0, 0.05) is 21.2 Å². The number of nitrogens with one attached hydrogen (secondary N) is 2. The fraction of sp³-hybridized carbons (Fsp3) is 0.125. The zero-order valence-electron chi connectivity index (χ0n) is 11.7. The number of carbonyl (C=O) groups is 2. The number of amides is 2. The molecule has 6 heteroatoms. The molecular formula is C16H13ClN2O2S. The summed E-state index contributed by atoms with van der Waals surface area (Å²) in [5.74, 6) is -0.298. The molecule has 0 saturated heterocycles. The van der Waals surface area contributed by atoms with E-state index in [0.29, 0.717) is 22.0 Å². The Hall–Kier alpha value is -1.98. The highest BCUT2D eigenvalue weighted by atomic mass is 35.5. The number of rotatable bonds is 2. The maximum atomic E-state index is 12.3. The van der Waals surface area contributed by atoms with Crippen LogP contribution in [0.4, 0.5) is 11.4 Å². The molecule has 2 aromatic rings. The van der Waals surface area contributed by atoms with Crippen molar-refractivity contribution < 1.29 is 9.59 Å². The van der Waals surface area contributed by atoms with Crippen molar-refractivity contribution in [2.24, 2.45) is 0 Å². The summed E-state index contributed by atoms with van der Waals surface area (Å²) in [6.45, 7) is 1.85. The molecule has 0 aliphatic carbocycles. The van der Waals surface area contributed by atoms with Gasteiger partial charge in [-0.05, 0) is 43.3 Å². The molecule has 3 rings (SSSR count). The second kappa shape index (κ2) is 6.02. The summed E-state index contributed by atoms with van der Waals surface area (Å²) in [5.41, 5.74) is 1.78. The molecular weight excluding hydrogens is 320 g/mol. The summed E-state index contributed by atoms with van der Waals surface area (Å²) in [5, 5.41) is 6.03. The van der Waals surface area contributed by atoms with E-state index < -0.39 is 0 Å². The number of halogens is 1. The van der Waals surface area contributed by atoms with Crippen molar-refractivity contribution in [2.45, 2.75) is 17.1 Å². The van der Waals surface area contributed by atoms with Gasteiger partial charge in [-0.2, -0.15) is 0 Å². The Balaban J connectivity index is 1.82. The SMILES string of the molecule is CC1Sc2ccc(C(=O)Nc3cccc(Cl)c3)cc2NC1=O. The van der Waals surface area contributed by atoms with E-state index >= 15 is 0 Å². The average molecular weight is 333 g/mol. The molecule has 1 atom stereocenters. The van der Waals surface area contributed by atoms with Gasteiger partial charge in [0.25, 0.3) is 5.91 Å². The van der Waals surface area contributed by atoms with E-state index in [1.807, 2.05) is 13.0 Å². The highest BCUT2D eigenvalue weighted by Gasteiger charge is 2.23. The first-order valence-electron chi connectivity index (χ1n) is 6.71. The van der Waals surface area contributed by atoms with Crippen LogP contribution in [-0.4, -0.2) is 17.1 Å². The number of hydrogen-bond donors (Lipinski definition) is 2. The summed E-state index contributed by atoms with van der Waals surface area (Å²) >= 11 is 7.38. The summed E-state index contributed by atoms with van der Waals surface area (Å²) in [6.07, 6.45) is 0. The van der Waals surface area contributed by atoms with E-state index in [-0.39, 0.29) is 17.1 Å². The van der Waals surface area contributed by atoms with Gasteiger partial charge in [-0.25, -0.2) is 0 Å². The zero-order chi connectivity index (χ0) is 15.7. The van der Waals surface area contributed by atoms with E-state index in [0.717, 1.165) is 4.90 Å². The molecule has 1 aliphatic heterocycles. The number of thioether (sulfide) groups is 1. The third kappa shape index (κ3) is 3.10. The molecule has 22 heavy (non-hydrogen) atoms. The highest BCUT2D eigenvalue weighted by Crippen LogP contribution is 2.36. The van der Waals surface area contributed by atoms with E-state index in [1.165, 1.54) is 11.8 Å². The predicted molar refractivity (Wildman–Crippen MR) is 89.8 cm³/mol. The van der Waals surface area contributed by atoms with Gasteiger partial charge in [0.2, 0.25) is 5.91 Å². The molecule has 0 bridgehead atoms.